The van der Waals surface area contributed by atoms with Gasteiger partial charge in [0.05, 0.1) is 24.8 Å². The zero-order valence-electron chi connectivity index (χ0n) is 21.2. The van der Waals surface area contributed by atoms with Crippen molar-refractivity contribution in [1.29, 1.82) is 0 Å². The van der Waals surface area contributed by atoms with E-state index in [-0.39, 0.29) is 17.5 Å². The van der Waals surface area contributed by atoms with Gasteiger partial charge in [-0.1, -0.05) is 18.2 Å². The predicted octanol–water partition coefficient (Wildman–Crippen LogP) is 2.48. The lowest BCUT2D eigenvalue weighted by atomic mass is 10.1. The van der Waals surface area contributed by atoms with Gasteiger partial charge in [-0.25, -0.2) is 4.98 Å². The molecular weight excluding hydrogens is 456 g/mol. The minimum atomic E-state index is -0.197. The third kappa shape index (κ3) is 4.94. The third-order valence-electron chi connectivity index (χ3n) is 7.16. The Hall–Kier alpha value is -3.43. The average molecular weight is 491 g/mol. The largest absolute Gasteiger partial charge is 0.378 e. The highest BCUT2D eigenvalue weighted by Gasteiger charge is 2.29. The Balaban J connectivity index is 1.57. The second kappa shape index (κ2) is 10.3. The minimum Gasteiger partial charge on any atom is -0.378 e. The minimum absolute atomic E-state index is 0.0569. The highest BCUT2D eigenvalue weighted by atomic mass is 16.5. The maximum Gasteiger partial charge on any atom is 0.259 e. The molecule has 0 spiro atoms. The monoisotopic (exact) mass is 490 g/mol. The van der Waals surface area contributed by atoms with Crippen molar-refractivity contribution in [2.24, 2.45) is 0 Å². The van der Waals surface area contributed by atoms with Crippen molar-refractivity contribution in [1.82, 2.24) is 19.2 Å². The number of amides is 1. The number of benzene rings is 1. The number of nitrogens with one attached hydrogen (secondary N) is 1. The van der Waals surface area contributed by atoms with Crippen LogP contribution in [0.25, 0.3) is 5.65 Å². The SMILES string of the molecule is CC(Nc1ccccc1)c1cc(C(=O)N2CC[C@@H](N(C)C)C2)cn2c(=O)cc(N3CCOCC3)nc12. The lowest BCUT2D eigenvalue weighted by molar-refractivity contribution is 0.0782. The molecule has 2 atom stereocenters. The summed E-state index contributed by atoms with van der Waals surface area (Å²) in [5.41, 5.74) is 2.63. The zero-order chi connectivity index (χ0) is 25.2. The molecule has 0 aliphatic carbocycles. The molecule has 2 aliphatic heterocycles. The lowest BCUT2D eigenvalue weighted by Crippen LogP contribution is -2.38. The van der Waals surface area contributed by atoms with E-state index in [0.29, 0.717) is 62.5 Å². The van der Waals surface area contributed by atoms with Gasteiger partial charge in [-0.05, 0) is 45.6 Å². The first-order chi connectivity index (χ1) is 17.4. The summed E-state index contributed by atoms with van der Waals surface area (Å²) in [6.07, 6.45) is 2.59. The van der Waals surface area contributed by atoms with Gasteiger partial charge in [-0.2, -0.15) is 0 Å². The van der Waals surface area contributed by atoms with E-state index in [9.17, 15) is 9.59 Å². The molecule has 0 bridgehead atoms. The Morgan fingerprint density at radius 3 is 2.58 bits per heavy atom. The summed E-state index contributed by atoms with van der Waals surface area (Å²) in [5, 5.41) is 3.51. The summed E-state index contributed by atoms with van der Waals surface area (Å²) in [4.78, 5) is 37.9. The zero-order valence-corrected chi connectivity index (χ0v) is 21.2. The van der Waals surface area contributed by atoms with Crippen LogP contribution in [0.1, 0.15) is 35.3 Å². The number of morpholine rings is 1. The van der Waals surface area contributed by atoms with E-state index in [1.54, 1.807) is 12.3 Å². The van der Waals surface area contributed by atoms with E-state index in [4.69, 9.17) is 9.72 Å². The van der Waals surface area contributed by atoms with Gasteiger partial charge in [-0.15, -0.1) is 0 Å². The topological polar surface area (TPSA) is 82.4 Å². The molecule has 2 aromatic heterocycles. The lowest BCUT2D eigenvalue weighted by Gasteiger charge is -2.28. The van der Waals surface area contributed by atoms with Gasteiger partial charge >= 0.3 is 0 Å². The molecule has 0 saturated carbocycles. The molecular formula is C27H34N6O3. The third-order valence-corrected chi connectivity index (χ3v) is 7.16. The number of ether oxygens (including phenoxy) is 1. The Labute approximate surface area is 211 Å². The molecule has 36 heavy (non-hydrogen) atoms. The fourth-order valence-corrected chi connectivity index (χ4v) is 5.00. The molecule has 5 rings (SSSR count). The van der Waals surface area contributed by atoms with Crippen LogP contribution in [0.4, 0.5) is 11.5 Å². The van der Waals surface area contributed by atoms with Crippen LogP contribution in [0.5, 0.6) is 0 Å². The molecule has 190 valence electrons. The molecule has 4 heterocycles. The molecule has 2 aliphatic rings. The Bertz CT molecular complexity index is 1290. The molecule has 9 nitrogen and oxygen atoms in total. The number of pyridine rings is 1. The average Bonchev–Trinajstić information content (AvgIpc) is 3.40. The van der Waals surface area contributed by atoms with Crippen LogP contribution >= 0.6 is 0 Å². The number of para-hydroxylation sites is 1. The first kappa shape index (κ1) is 24.3. The van der Waals surface area contributed by atoms with E-state index in [1.165, 1.54) is 4.40 Å². The fourth-order valence-electron chi connectivity index (χ4n) is 5.00. The molecule has 9 heteroatoms. The number of fused-ring (bicyclic) bond motifs is 1. The summed E-state index contributed by atoms with van der Waals surface area (Å²) >= 11 is 0. The summed E-state index contributed by atoms with van der Waals surface area (Å²) in [5.74, 6) is 0.586. The second-order valence-corrected chi connectivity index (χ2v) is 9.82. The van der Waals surface area contributed by atoms with Crippen LogP contribution in [-0.2, 0) is 4.74 Å². The van der Waals surface area contributed by atoms with Gasteiger partial charge in [0.2, 0.25) is 0 Å². The number of carbonyl (C=O) groups is 1. The van der Waals surface area contributed by atoms with E-state index in [2.05, 4.69) is 15.1 Å². The van der Waals surface area contributed by atoms with Gasteiger partial charge in [0.1, 0.15) is 11.5 Å². The van der Waals surface area contributed by atoms with Crippen LogP contribution < -0.4 is 15.8 Å². The number of likely N-dealkylation sites (tertiary alicyclic amines) is 1. The second-order valence-electron chi connectivity index (χ2n) is 9.82. The Morgan fingerprint density at radius 2 is 1.89 bits per heavy atom. The number of anilines is 2. The number of hydrogen-bond acceptors (Lipinski definition) is 7. The van der Waals surface area contributed by atoms with Gasteiger partial charge < -0.3 is 24.8 Å². The van der Waals surface area contributed by atoms with Crippen LogP contribution in [0.2, 0.25) is 0 Å². The van der Waals surface area contributed by atoms with Crippen LogP contribution in [0.15, 0.2) is 53.5 Å². The quantitative estimate of drug-likeness (QED) is 0.569. The van der Waals surface area contributed by atoms with Gasteiger partial charge in [0.15, 0.2) is 0 Å². The number of nitrogens with zero attached hydrogens (tertiary/aromatic N) is 5. The normalized spacial score (nSPS) is 19.2. The number of rotatable bonds is 6. The number of aromatic nitrogens is 2. The van der Waals surface area contributed by atoms with Crippen LogP contribution in [-0.4, -0.2) is 84.6 Å². The van der Waals surface area contributed by atoms with E-state index in [1.807, 2.05) is 62.3 Å². The molecule has 2 saturated heterocycles. The van der Waals surface area contributed by atoms with Crippen molar-refractivity contribution in [3.05, 3.63) is 70.1 Å². The number of carbonyl (C=O) groups excluding carboxylic acids is 1. The van der Waals surface area contributed by atoms with Gasteiger partial charge in [0.25, 0.3) is 11.5 Å². The summed E-state index contributed by atoms with van der Waals surface area (Å²) in [6.45, 7) is 6.01. The highest BCUT2D eigenvalue weighted by Crippen LogP contribution is 2.26. The van der Waals surface area contributed by atoms with Crippen molar-refractivity contribution in [2.75, 3.05) is 63.7 Å². The van der Waals surface area contributed by atoms with Crippen LogP contribution in [0.3, 0.4) is 0 Å². The van der Waals surface area contributed by atoms with Crippen molar-refractivity contribution >= 4 is 23.1 Å². The number of likely N-dealkylation sites (N-methyl/N-ethyl adjacent to an activating group) is 1. The number of hydrogen-bond donors (Lipinski definition) is 1. The summed E-state index contributed by atoms with van der Waals surface area (Å²) in [6, 6.07) is 13.5. The van der Waals surface area contributed by atoms with Crippen molar-refractivity contribution < 1.29 is 9.53 Å². The van der Waals surface area contributed by atoms with E-state index < -0.39 is 0 Å². The van der Waals surface area contributed by atoms with Crippen molar-refractivity contribution in [3.63, 3.8) is 0 Å². The van der Waals surface area contributed by atoms with Crippen LogP contribution in [0, 0.1) is 0 Å². The van der Waals surface area contributed by atoms with E-state index in [0.717, 1.165) is 17.7 Å². The molecule has 1 unspecified atom stereocenters. The molecule has 0 radical (unpaired) electrons. The van der Waals surface area contributed by atoms with Gasteiger partial charge in [0, 0.05) is 55.7 Å². The highest BCUT2D eigenvalue weighted by molar-refractivity contribution is 5.95. The molecule has 1 aromatic carbocycles. The molecule has 1 amide bonds. The molecule has 1 N–H and O–H groups in total. The Morgan fingerprint density at radius 1 is 1.14 bits per heavy atom. The fraction of sp³-hybridized carbons (Fsp3) is 0.444. The smallest absolute Gasteiger partial charge is 0.259 e. The van der Waals surface area contributed by atoms with Gasteiger partial charge in [-0.3, -0.25) is 14.0 Å². The molecule has 3 aromatic rings. The molecule has 2 fully saturated rings. The maximum atomic E-state index is 13.5. The standard InChI is InChI=1S/C27H34N6O3/c1-19(28-21-7-5-4-6-8-21)23-15-20(27(35)32-10-9-22(18-32)30(2)3)17-33-25(34)16-24(29-26(23)33)31-11-13-36-14-12-31/h4-8,15-17,19,22,28H,9-14,18H2,1-3H3/t19?,22-/m1/s1. The Kier molecular flexibility index (Phi) is 6.93. The maximum absolute atomic E-state index is 13.5. The first-order valence-electron chi connectivity index (χ1n) is 12.6. The summed E-state index contributed by atoms with van der Waals surface area (Å²) in [7, 11) is 4.09. The first-order valence-corrected chi connectivity index (χ1v) is 12.6. The summed E-state index contributed by atoms with van der Waals surface area (Å²) < 4.78 is 7.00. The van der Waals surface area contributed by atoms with Crippen molar-refractivity contribution in [2.45, 2.75) is 25.4 Å². The predicted molar refractivity (Wildman–Crippen MR) is 141 cm³/mol. The van der Waals surface area contributed by atoms with Crippen molar-refractivity contribution in [3.8, 4) is 0 Å². The van der Waals surface area contributed by atoms with E-state index >= 15 is 0 Å².